The Labute approximate surface area is 119 Å². The van der Waals surface area contributed by atoms with Gasteiger partial charge in [-0.15, -0.1) is 5.10 Å². The predicted octanol–water partition coefficient (Wildman–Crippen LogP) is 3.50. The molecule has 1 aromatic heterocycles. The van der Waals surface area contributed by atoms with Crippen molar-refractivity contribution in [1.29, 1.82) is 0 Å². The fraction of sp³-hybridized carbons (Fsp3) is 0.467. The van der Waals surface area contributed by atoms with Crippen molar-refractivity contribution in [2.24, 2.45) is 5.73 Å². The number of aromatic nitrogens is 2. The Balaban J connectivity index is 2.42. The molecule has 1 atom stereocenters. The standard InChI is InChI=1S/C15H21N3S/c1-9-6-7-11(8-10(9)2)12(16)13-14(15(3,4)5)17-18-19-13/h6-8,12H,16H2,1-5H3. The molecule has 0 amide bonds. The van der Waals surface area contributed by atoms with Gasteiger partial charge in [-0.3, -0.25) is 0 Å². The molecular weight excluding hydrogens is 254 g/mol. The highest BCUT2D eigenvalue weighted by atomic mass is 32.1. The molecule has 3 nitrogen and oxygen atoms in total. The molecule has 0 spiro atoms. The van der Waals surface area contributed by atoms with Crippen LogP contribution in [0.15, 0.2) is 18.2 Å². The summed E-state index contributed by atoms with van der Waals surface area (Å²) in [5.41, 5.74) is 11.1. The normalized spacial score (nSPS) is 13.6. The molecule has 19 heavy (non-hydrogen) atoms. The molecule has 1 aromatic carbocycles. The maximum atomic E-state index is 6.41. The minimum absolute atomic E-state index is 0.0281. The van der Waals surface area contributed by atoms with Crippen LogP contribution in [-0.2, 0) is 5.41 Å². The quantitative estimate of drug-likeness (QED) is 0.912. The van der Waals surface area contributed by atoms with Crippen molar-refractivity contribution in [3.63, 3.8) is 0 Å². The predicted molar refractivity (Wildman–Crippen MR) is 80.6 cm³/mol. The monoisotopic (exact) mass is 275 g/mol. The van der Waals surface area contributed by atoms with Gasteiger partial charge in [-0.2, -0.15) is 0 Å². The first kappa shape index (κ1) is 14.2. The molecule has 2 N–H and O–H groups in total. The van der Waals surface area contributed by atoms with E-state index in [9.17, 15) is 0 Å². The lowest BCUT2D eigenvalue weighted by Gasteiger charge is -2.20. The maximum Gasteiger partial charge on any atom is 0.0860 e. The van der Waals surface area contributed by atoms with E-state index in [1.165, 1.54) is 22.7 Å². The van der Waals surface area contributed by atoms with E-state index in [-0.39, 0.29) is 11.5 Å². The van der Waals surface area contributed by atoms with Gasteiger partial charge in [0, 0.05) is 5.41 Å². The van der Waals surface area contributed by atoms with Crippen molar-refractivity contribution in [3.8, 4) is 0 Å². The molecule has 0 saturated heterocycles. The van der Waals surface area contributed by atoms with Gasteiger partial charge in [-0.1, -0.05) is 43.5 Å². The zero-order valence-electron chi connectivity index (χ0n) is 12.2. The van der Waals surface area contributed by atoms with E-state index in [0.717, 1.165) is 16.1 Å². The molecular formula is C15H21N3S. The number of hydrogen-bond acceptors (Lipinski definition) is 4. The van der Waals surface area contributed by atoms with Crippen molar-refractivity contribution >= 4 is 11.5 Å². The van der Waals surface area contributed by atoms with Crippen LogP contribution in [0.5, 0.6) is 0 Å². The van der Waals surface area contributed by atoms with Crippen LogP contribution in [0.4, 0.5) is 0 Å². The highest BCUT2D eigenvalue weighted by Crippen LogP contribution is 2.32. The highest BCUT2D eigenvalue weighted by molar-refractivity contribution is 7.05. The number of nitrogens with zero attached hydrogens (tertiary/aromatic N) is 2. The second-order valence-electron chi connectivity index (χ2n) is 6.06. The number of aryl methyl sites for hydroxylation is 2. The molecule has 0 radical (unpaired) electrons. The molecule has 0 bridgehead atoms. The van der Waals surface area contributed by atoms with Gasteiger partial charge >= 0.3 is 0 Å². The van der Waals surface area contributed by atoms with E-state index in [0.29, 0.717) is 0 Å². The third-order valence-corrected chi connectivity index (χ3v) is 4.20. The SMILES string of the molecule is Cc1ccc(C(N)c2snnc2C(C)(C)C)cc1C. The van der Waals surface area contributed by atoms with Crippen molar-refractivity contribution < 1.29 is 0 Å². The first-order chi connectivity index (χ1) is 8.80. The van der Waals surface area contributed by atoms with E-state index in [2.05, 4.69) is 62.4 Å². The molecule has 4 heteroatoms. The molecule has 102 valence electrons. The summed E-state index contributed by atoms with van der Waals surface area (Å²) in [6.07, 6.45) is 0. The fourth-order valence-electron chi connectivity index (χ4n) is 2.03. The van der Waals surface area contributed by atoms with Crippen molar-refractivity contribution in [2.75, 3.05) is 0 Å². The number of hydrogen-bond donors (Lipinski definition) is 1. The first-order valence-electron chi connectivity index (χ1n) is 6.46. The summed E-state index contributed by atoms with van der Waals surface area (Å²) in [5.74, 6) is 0. The lowest BCUT2D eigenvalue weighted by molar-refractivity contribution is 0.556. The summed E-state index contributed by atoms with van der Waals surface area (Å²) in [5, 5.41) is 4.26. The first-order valence-corrected chi connectivity index (χ1v) is 7.23. The van der Waals surface area contributed by atoms with Crippen LogP contribution < -0.4 is 5.73 Å². The van der Waals surface area contributed by atoms with Crippen LogP contribution >= 0.6 is 11.5 Å². The molecule has 1 unspecified atom stereocenters. The van der Waals surface area contributed by atoms with Gasteiger partial charge in [0.15, 0.2) is 0 Å². The van der Waals surface area contributed by atoms with Gasteiger partial charge in [0.1, 0.15) is 0 Å². The van der Waals surface area contributed by atoms with Crippen LogP contribution in [0.1, 0.15) is 54.1 Å². The minimum Gasteiger partial charge on any atom is -0.319 e. The van der Waals surface area contributed by atoms with Crippen LogP contribution in [0, 0.1) is 13.8 Å². The van der Waals surface area contributed by atoms with Gasteiger partial charge in [0.05, 0.1) is 16.6 Å². The average Bonchev–Trinajstić information content (AvgIpc) is 2.80. The molecule has 1 heterocycles. The van der Waals surface area contributed by atoms with E-state index in [1.807, 2.05) is 0 Å². The number of benzene rings is 1. The second kappa shape index (κ2) is 5.02. The van der Waals surface area contributed by atoms with Gasteiger partial charge in [-0.25, -0.2) is 0 Å². The Hall–Kier alpha value is -1.26. The summed E-state index contributed by atoms with van der Waals surface area (Å²) in [6.45, 7) is 10.6. The molecule has 0 saturated carbocycles. The van der Waals surface area contributed by atoms with Crippen molar-refractivity contribution in [2.45, 2.75) is 46.1 Å². The second-order valence-corrected chi connectivity index (χ2v) is 6.84. The number of rotatable bonds is 2. The minimum atomic E-state index is -0.145. The molecule has 2 rings (SSSR count). The summed E-state index contributed by atoms with van der Waals surface area (Å²) < 4.78 is 4.09. The third kappa shape index (κ3) is 2.85. The third-order valence-electron chi connectivity index (χ3n) is 3.40. The molecule has 2 aromatic rings. The summed E-state index contributed by atoms with van der Waals surface area (Å²) in [4.78, 5) is 1.07. The van der Waals surface area contributed by atoms with E-state index < -0.39 is 0 Å². The van der Waals surface area contributed by atoms with Crippen LogP contribution in [0.2, 0.25) is 0 Å². The van der Waals surface area contributed by atoms with Crippen LogP contribution in [0.3, 0.4) is 0 Å². The Bertz CT molecular complexity index is 581. The average molecular weight is 275 g/mol. The summed E-state index contributed by atoms with van der Waals surface area (Å²) >= 11 is 1.40. The molecule has 0 aliphatic rings. The van der Waals surface area contributed by atoms with Crippen molar-refractivity contribution in [1.82, 2.24) is 9.59 Å². The summed E-state index contributed by atoms with van der Waals surface area (Å²) in [7, 11) is 0. The van der Waals surface area contributed by atoms with Gasteiger partial charge < -0.3 is 5.73 Å². The van der Waals surface area contributed by atoms with E-state index in [1.54, 1.807) is 0 Å². The topological polar surface area (TPSA) is 51.8 Å². The highest BCUT2D eigenvalue weighted by Gasteiger charge is 2.26. The molecule has 0 fully saturated rings. The van der Waals surface area contributed by atoms with Crippen LogP contribution in [0.25, 0.3) is 0 Å². The molecule has 0 aliphatic heterocycles. The lowest BCUT2D eigenvalue weighted by Crippen LogP contribution is -2.19. The van der Waals surface area contributed by atoms with E-state index >= 15 is 0 Å². The van der Waals surface area contributed by atoms with Crippen LogP contribution in [-0.4, -0.2) is 9.59 Å². The van der Waals surface area contributed by atoms with Gasteiger partial charge in [0.25, 0.3) is 0 Å². The van der Waals surface area contributed by atoms with Gasteiger partial charge in [-0.05, 0) is 42.1 Å². The Morgan fingerprint density at radius 1 is 1.16 bits per heavy atom. The van der Waals surface area contributed by atoms with Gasteiger partial charge in [0.2, 0.25) is 0 Å². The largest absolute Gasteiger partial charge is 0.319 e. The van der Waals surface area contributed by atoms with E-state index in [4.69, 9.17) is 5.73 Å². The zero-order valence-corrected chi connectivity index (χ0v) is 13.0. The Morgan fingerprint density at radius 3 is 2.42 bits per heavy atom. The maximum absolute atomic E-state index is 6.41. The Morgan fingerprint density at radius 2 is 1.84 bits per heavy atom. The van der Waals surface area contributed by atoms with Crippen molar-refractivity contribution in [3.05, 3.63) is 45.5 Å². The smallest absolute Gasteiger partial charge is 0.0860 e. The number of nitrogens with two attached hydrogens (primary N) is 1. The summed E-state index contributed by atoms with van der Waals surface area (Å²) in [6, 6.07) is 6.23. The fourth-order valence-corrected chi connectivity index (χ4v) is 2.92. The lowest BCUT2D eigenvalue weighted by atomic mass is 9.88. The Kier molecular flexibility index (Phi) is 3.74. The zero-order chi connectivity index (χ0) is 14.2. The molecule has 0 aliphatic carbocycles.